The second-order valence-corrected chi connectivity index (χ2v) is 4.61. The summed E-state index contributed by atoms with van der Waals surface area (Å²) in [5, 5.41) is 18.2. The first-order valence-electron chi connectivity index (χ1n) is 6.18. The van der Waals surface area contributed by atoms with Crippen molar-refractivity contribution in [1.82, 2.24) is 0 Å². The van der Waals surface area contributed by atoms with E-state index in [9.17, 15) is 5.26 Å². The van der Waals surface area contributed by atoms with Gasteiger partial charge in [0.1, 0.15) is 0 Å². The molecule has 0 fully saturated rings. The van der Waals surface area contributed by atoms with Crippen molar-refractivity contribution >= 4 is 0 Å². The van der Waals surface area contributed by atoms with Crippen molar-refractivity contribution in [3.8, 4) is 12.1 Å². The zero-order valence-electron chi connectivity index (χ0n) is 10.8. The summed E-state index contributed by atoms with van der Waals surface area (Å²) in [6, 6.07) is 19.9. The van der Waals surface area contributed by atoms with Crippen LogP contribution in [-0.4, -0.2) is 0 Å². The average molecular weight is 246 g/mol. The van der Waals surface area contributed by atoms with Crippen LogP contribution in [0.25, 0.3) is 0 Å². The quantitative estimate of drug-likeness (QED) is 0.828. The number of hydrogen-bond acceptors (Lipinski definition) is 2. The maximum absolute atomic E-state index is 9.33. The van der Waals surface area contributed by atoms with E-state index in [1.165, 1.54) is 5.56 Å². The highest BCUT2D eigenvalue weighted by Gasteiger charge is 2.12. The summed E-state index contributed by atoms with van der Waals surface area (Å²) in [6.07, 6.45) is 0.672. The molecule has 1 atom stereocenters. The predicted molar refractivity (Wildman–Crippen MR) is 74.4 cm³/mol. The van der Waals surface area contributed by atoms with Crippen molar-refractivity contribution in [1.29, 1.82) is 10.5 Å². The highest BCUT2D eigenvalue weighted by atomic mass is 14.3. The fourth-order valence-electron chi connectivity index (χ4n) is 2.02. The molecule has 92 valence electrons. The Morgan fingerprint density at radius 2 is 1.79 bits per heavy atom. The molecule has 0 N–H and O–H groups in total. The molecule has 0 aliphatic heterocycles. The van der Waals surface area contributed by atoms with Crippen LogP contribution in [0.4, 0.5) is 0 Å². The Hall–Kier alpha value is -2.58. The number of aryl methyl sites for hydroxylation is 1. The number of nitrogens with zero attached hydrogens (tertiary/aromatic N) is 2. The fourth-order valence-corrected chi connectivity index (χ4v) is 2.02. The van der Waals surface area contributed by atoms with Gasteiger partial charge in [-0.2, -0.15) is 10.5 Å². The Kier molecular flexibility index (Phi) is 3.96. The molecular formula is C17H14N2. The van der Waals surface area contributed by atoms with Gasteiger partial charge in [-0.15, -0.1) is 0 Å². The van der Waals surface area contributed by atoms with Gasteiger partial charge in [-0.05, 0) is 36.6 Å². The lowest BCUT2D eigenvalue weighted by Gasteiger charge is -2.10. The normalized spacial score (nSPS) is 11.3. The summed E-state index contributed by atoms with van der Waals surface area (Å²) in [6.45, 7) is 2.04. The van der Waals surface area contributed by atoms with E-state index in [-0.39, 0.29) is 5.92 Å². The number of rotatable bonds is 3. The lowest BCUT2D eigenvalue weighted by Crippen LogP contribution is -2.01. The third-order valence-corrected chi connectivity index (χ3v) is 3.13. The van der Waals surface area contributed by atoms with E-state index < -0.39 is 0 Å². The molecule has 0 amide bonds. The van der Waals surface area contributed by atoms with Crippen LogP contribution in [0.3, 0.4) is 0 Å². The van der Waals surface area contributed by atoms with Gasteiger partial charge in [-0.25, -0.2) is 0 Å². The fraction of sp³-hybridized carbons (Fsp3) is 0.176. The molecule has 0 heterocycles. The molecule has 0 bridgehead atoms. The molecule has 19 heavy (non-hydrogen) atoms. The Bertz CT molecular complexity index is 642. The number of hydrogen-bond donors (Lipinski definition) is 0. The van der Waals surface area contributed by atoms with Crippen molar-refractivity contribution in [3.63, 3.8) is 0 Å². The average Bonchev–Trinajstić information content (AvgIpc) is 2.46. The zero-order valence-corrected chi connectivity index (χ0v) is 10.8. The molecule has 2 heteroatoms. The monoisotopic (exact) mass is 246 g/mol. The molecule has 0 radical (unpaired) electrons. The molecule has 0 aromatic heterocycles. The molecular weight excluding hydrogens is 232 g/mol. The maximum atomic E-state index is 9.33. The van der Waals surface area contributed by atoms with Gasteiger partial charge in [0.05, 0.1) is 23.6 Å². The standard InChI is InChI=1S/C17H14N2/c1-13-5-7-14(8-6-13)9-17(12-19)16-4-2-3-15(10-16)11-18/h2-8,10,17H,9H2,1H3. The highest BCUT2D eigenvalue weighted by molar-refractivity contribution is 5.37. The van der Waals surface area contributed by atoms with E-state index in [1.807, 2.05) is 31.2 Å². The molecule has 0 saturated carbocycles. The molecule has 0 saturated heterocycles. The van der Waals surface area contributed by atoms with Crippen molar-refractivity contribution in [2.24, 2.45) is 0 Å². The van der Waals surface area contributed by atoms with Crippen molar-refractivity contribution in [3.05, 3.63) is 70.8 Å². The van der Waals surface area contributed by atoms with Gasteiger partial charge >= 0.3 is 0 Å². The predicted octanol–water partition coefficient (Wildman–Crippen LogP) is 3.72. The molecule has 2 aromatic rings. The molecule has 0 aliphatic carbocycles. The van der Waals surface area contributed by atoms with Gasteiger partial charge in [-0.1, -0.05) is 42.0 Å². The van der Waals surface area contributed by atoms with E-state index in [0.717, 1.165) is 11.1 Å². The molecule has 2 aromatic carbocycles. The summed E-state index contributed by atoms with van der Waals surface area (Å²) < 4.78 is 0. The van der Waals surface area contributed by atoms with E-state index in [0.29, 0.717) is 12.0 Å². The second kappa shape index (κ2) is 5.85. The molecule has 1 unspecified atom stereocenters. The van der Waals surface area contributed by atoms with Crippen LogP contribution in [0, 0.1) is 29.6 Å². The lowest BCUT2D eigenvalue weighted by atomic mass is 9.92. The number of nitriles is 2. The summed E-state index contributed by atoms with van der Waals surface area (Å²) in [4.78, 5) is 0. The maximum Gasteiger partial charge on any atom is 0.0991 e. The van der Waals surface area contributed by atoms with Crippen LogP contribution in [0.5, 0.6) is 0 Å². The van der Waals surface area contributed by atoms with Crippen LogP contribution < -0.4 is 0 Å². The Labute approximate surface area is 113 Å². The first kappa shape index (κ1) is 12.9. The summed E-state index contributed by atoms with van der Waals surface area (Å²) >= 11 is 0. The van der Waals surface area contributed by atoms with Crippen LogP contribution in [0.15, 0.2) is 48.5 Å². The lowest BCUT2D eigenvalue weighted by molar-refractivity contribution is 0.848. The third-order valence-electron chi connectivity index (χ3n) is 3.13. The van der Waals surface area contributed by atoms with Crippen LogP contribution >= 0.6 is 0 Å². The van der Waals surface area contributed by atoms with Crippen LogP contribution in [0.2, 0.25) is 0 Å². The largest absolute Gasteiger partial charge is 0.198 e. The van der Waals surface area contributed by atoms with Crippen LogP contribution in [0.1, 0.15) is 28.2 Å². The molecule has 0 aliphatic rings. The van der Waals surface area contributed by atoms with Crippen molar-refractivity contribution in [2.45, 2.75) is 19.3 Å². The molecule has 2 nitrogen and oxygen atoms in total. The van der Waals surface area contributed by atoms with Crippen LogP contribution in [-0.2, 0) is 6.42 Å². The van der Waals surface area contributed by atoms with E-state index in [2.05, 4.69) is 24.3 Å². The minimum atomic E-state index is -0.212. The van der Waals surface area contributed by atoms with E-state index in [1.54, 1.807) is 12.1 Å². The SMILES string of the molecule is Cc1ccc(CC(C#N)c2cccc(C#N)c2)cc1. The second-order valence-electron chi connectivity index (χ2n) is 4.61. The van der Waals surface area contributed by atoms with Gasteiger partial charge in [0, 0.05) is 0 Å². The summed E-state index contributed by atoms with van der Waals surface area (Å²) in [7, 11) is 0. The first-order chi connectivity index (χ1) is 9.22. The van der Waals surface area contributed by atoms with E-state index >= 15 is 0 Å². The van der Waals surface area contributed by atoms with Gasteiger partial charge in [-0.3, -0.25) is 0 Å². The number of benzene rings is 2. The van der Waals surface area contributed by atoms with Gasteiger partial charge in [0.2, 0.25) is 0 Å². The third kappa shape index (κ3) is 3.21. The van der Waals surface area contributed by atoms with Gasteiger partial charge in [0.25, 0.3) is 0 Å². The van der Waals surface area contributed by atoms with Crippen molar-refractivity contribution in [2.75, 3.05) is 0 Å². The topological polar surface area (TPSA) is 47.6 Å². The molecule has 2 rings (SSSR count). The minimum Gasteiger partial charge on any atom is -0.198 e. The van der Waals surface area contributed by atoms with Gasteiger partial charge in [0.15, 0.2) is 0 Å². The Morgan fingerprint density at radius 1 is 1.05 bits per heavy atom. The van der Waals surface area contributed by atoms with E-state index in [4.69, 9.17) is 5.26 Å². The summed E-state index contributed by atoms with van der Waals surface area (Å²) in [5.74, 6) is -0.212. The summed E-state index contributed by atoms with van der Waals surface area (Å²) in [5.41, 5.74) is 3.85. The minimum absolute atomic E-state index is 0.212. The van der Waals surface area contributed by atoms with Gasteiger partial charge < -0.3 is 0 Å². The van der Waals surface area contributed by atoms with Crippen molar-refractivity contribution < 1.29 is 0 Å². The highest BCUT2D eigenvalue weighted by Crippen LogP contribution is 2.21. The Balaban J connectivity index is 2.23. The zero-order chi connectivity index (χ0) is 13.7. The molecule has 0 spiro atoms. The Morgan fingerprint density at radius 3 is 2.42 bits per heavy atom. The smallest absolute Gasteiger partial charge is 0.0991 e. The first-order valence-corrected chi connectivity index (χ1v) is 6.18.